The van der Waals surface area contributed by atoms with Crippen LogP contribution in [0, 0.1) is 0 Å². The van der Waals surface area contributed by atoms with Crippen LogP contribution in [0.3, 0.4) is 0 Å². The highest BCUT2D eigenvalue weighted by molar-refractivity contribution is 7.22. The second kappa shape index (κ2) is 8.79. The number of rotatable bonds is 7. The maximum Gasteiger partial charge on any atom is 0.261 e. The van der Waals surface area contributed by atoms with Crippen molar-refractivity contribution in [3.63, 3.8) is 0 Å². The van der Waals surface area contributed by atoms with Gasteiger partial charge in [0.1, 0.15) is 17.3 Å². The van der Waals surface area contributed by atoms with E-state index in [1.54, 1.807) is 25.4 Å². The summed E-state index contributed by atoms with van der Waals surface area (Å²) in [7, 11) is 1.61. The van der Waals surface area contributed by atoms with Gasteiger partial charge in [0.15, 0.2) is 5.13 Å². The molecule has 0 saturated carbocycles. The lowest BCUT2D eigenvalue weighted by molar-refractivity contribution is 0.102. The van der Waals surface area contributed by atoms with Gasteiger partial charge in [0.05, 0.1) is 29.5 Å². The number of amides is 1. The Morgan fingerprint density at radius 1 is 1.10 bits per heavy atom. The van der Waals surface area contributed by atoms with Crippen molar-refractivity contribution in [1.82, 2.24) is 9.97 Å². The third kappa shape index (κ3) is 4.33. The van der Waals surface area contributed by atoms with E-state index in [1.807, 2.05) is 49.4 Å². The summed E-state index contributed by atoms with van der Waals surface area (Å²) in [4.78, 5) is 21.7. The molecule has 0 fully saturated rings. The minimum absolute atomic E-state index is 0.289. The van der Waals surface area contributed by atoms with Gasteiger partial charge in [-0.15, -0.1) is 0 Å². The Hall–Kier alpha value is -3.65. The molecule has 0 aliphatic rings. The summed E-state index contributed by atoms with van der Waals surface area (Å²) in [6.45, 7) is 2.53. The zero-order chi connectivity index (χ0) is 20.9. The number of thiazole rings is 1. The van der Waals surface area contributed by atoms with Gasteiger partial charge in [-0.2, -0.15) is 0 Å². The first-order valence-corrected chi connectivity index (χ1v) is 10.2. The molecule has 0 aliphatic carbocycles. The molecule has 4 rings (SSSR count). The predicted octanol–water partition coefficient (Wildman–Crippen LogP) is 5.09. The molecule has 1 amide bonds. The number of aromatic nitrogens is 2. The van der Waals surface area contributed by atoms with Gasteiger partial charge in [0.25, 0.3) is 5.91 Å². The Morgan fingerprint density at radius 3 is 2.67 bits per heavy atom. The average molecular weight is 420 g/mol. The van der Waals surface area contributed by atoms with Crippen molar-refractivity contribution in [1.29, 1.82) is 0 Å². The second-order valence-electron chi connectivity index (χ2n) is 6.29. The number of fused-ring (bicyclic) bond motifs is 1. The van der Waals surface area contributed by atoms with E-state index in [0.717, 1.165) is 27.4 Å². The van der Waals surface area contributed by atoms with Crippen LogP contribution in [0.4, 0.5) is 16.6 Å². The fourth-order valence-corrected chi connectivity index (χ4v) is 3.77. The van der Waals surface area contributed by atoms with Gasteiger partial charge in [-0.1, -0.05) is 11.3 Å². The molecule has 0 unspecified atom stereocenters. The molecular formula is C22H20N4O3S. The van der Waals surface area contributed by atoms with Crippen LogP contribution in [-0.2, 0) is 0 Å². The maximum absolute atomic E-state index is 12.9. The molecule has 7 nitrogen and oxygen atoms in total. The van der Waals surface area contributed by atoms with Crippen molar-refractivity contribution in [3.05, 3.63) is 66.4 Å². The number of hydrogen-bond donors (Lipinski definition) is 2. The zero-order valence-corrected chi connectivity index (χ0v) is 17.3. The topological polar surface area (TPSA) is 85.4 Å². The summed E-state index contributed by atoms with van der Waals surface area (Å²) < 4.78 is 11.6. The summed E-state index contributed by atoms with van der Waals surface area (Å²) in [5, 5.41) is 6.57. The number of carbonyl (C=O) groups is 1. The Bertz CT molecular complexity index is 1170. The highest BCUT2D eigenvalue weighted by Crippen LogP contribution is 2.30. The highest BCUT2D eigenvalue weighted by Gasteiger charge is 2.15. The number of benzene rings is 2. The van der Waals surface area contributed by atoms with Crippen LogP contribution in [0.2, 0.25) is 0 Å². The molecule has 2 aromatic heterocycles. The van der Waals surface area contributed by atoms with E-state index in [0.29, 0.717) is 23.1 Å². The summed E-state index contributed by atoms with van der Waals surface area (Å²) >= 11 is 1.40. The lowest BCUT2D eigenvalue weighted by Crippen LogP contribution is -2.14. The van der Waals surface area contributed by atoms with Crippen molar-refractivity contribution in [2.24, 2.45) is 0 Å². The van der Waals surface area contributed by atoms with E-state index in [2.05, 4.69) is 20.6 Å². The van der Waals surface area contributed by atoms with Crippen molar-refractivity contribution in [2.75, 3.05) is 24.4 Å². The number of hydrogen-bond acceptors (Lipinski definition) is 7. The molecule has 2 N–H and O–H groups in total. The van der Waals surface area contributed by atoms with Gasteiger partial charge in [-0.3, -0.25) is 10.1 Å². The molecule has 2 heterocycles. The van der Waals surface area contributed by atoms with Crippen LogP contribution in [0.5, 0.6) is 11.5 Å². The number of nitrogens with one attached hydrogen (secondary N) is 2. The van der Waals surface area contributed by atoms with Crippen LogP contribution >= 0.6 is 11.3 Å². The first-order chi connectivity index (χ1) is 14.7. The smallest absolute Gasteiger partial charge is 0.261 e. The summed E-state index contributed by atoms with van der Waals surface area (Å²) in [6.07, 6.45) is 1.63. The monoisotopic (exact) mass is 420 g/mol. The lowest BCUT2D eigenvalue weighted by atomic mass is 10.2. The van der Waals surface area contributed by atoms with Crippen molar-refractivity contribution < 1.29 is 14.3 Å². The molecule has 30 heavy (non-hydrogen) atoms. The molecule has 8 heteroatoms. The Labute approximate surface area is 177 Å². The van der Waals surface area contributed by atoms with Crippen LogP contribution in [0.1, 0.15) is 17.3 Å². The molecule has 2 aromatic carbocycles. The van der Waals surface area contributed by atoms with Gasteiger partial charge in [0, 0.05) is 11.9 Å². The van der Waals surface area contributed by atoms with Gasteiger partial charge >= 0.3 is 0 Å². The van der Waals surface area contributed by atoms with Crippen LogP contribution < -0.4 is 20.1 Å². The van der Waals surface area contributed by atoms with E-state index in [4.69, 9.17) is 9.47 Å². The highest BCUT2D eigenvalue weighted by atomic mass is 32.1. The Kier molecular flexibility index (Phi) is 5.76. The molecule has 0 saturated heterocycles. The third-order valence-corrected chi connectivity index (χ3v) is 5.23. The molecule has 0 bridgehead atoms. The van der Waals surface area contributed by atoms with Gasteiger partial charge in [-0.05, 0) is 61.5 Å². The van der Waals surface area contributed by atoms with Crippen LogP contribution in [0.15, 0.2) is 60.8 Å². The fourth-order valence-electron chi connectivity index (χ4n) is 2.88. The van der Waals surface area contributed by atoms with Gasteiger partial charge < -0.3 is 14.8 Å². The number of ether oxygens (including phenoxy) is 2. The first kappa shape index (κ1) is 19.7. The molecule has 0 radical (unpaired) electrons. The Balaban J connectivity index is 1.54. The molecule has 0 atom stereocenters. The zero-order valence-electron chi connectivity index (χ0n) is 16.5. The lowest BCUT2D eigenvalue weighted by Gasteiger charge is -2.10. The summed E-state index contributed by atoms with van der Waals surface area (Å²) in [6, 6.07) is 16.5. The van der Waals surface area contributed by atoms with Gasteiger partial charge in [0.2, 0.25) is 0 Å². The third-order valence-electron chi connectivity index (χ3n) is 4.30. The van der Waals surface area contributed by atoms with Crippen molar-refractivity contribution in [2.45, 2.75) is 6.92 Å². The maximum atomic E-state index is 12.9. The minimum Gasteiger partial charge on any atom is -0.497 e. The Morgan fingerprint density at radius 2 is 1.90 bits per heavy atom. The van der Waals surface area contributed by atoms with E-state index >= 15 is 0 Å². The van der Waals surface area contributed by atoms with Crippen molar-refractivity contribution >= 4 is 44.1 Å². The quantitative estimate of drug-likeness (QED) is 0.433. The predicted molar refractivity (Wildman–Crippen MR) is 119 cm³/mol. The molecule has 152 valence electrons. The van der Waals surface area contributed by atoms with Crippen LogP contribution in [-0.4, -0.2) is 29.6 Å². The fraction of sp³-hybridized carbons (Fsp3) is 0.136. The normalized spacial score (nSPS) is 10.6. The number of methoxy groups -OCH3 is 1. The van der Waals surface area contributed by atoms with E-state index in [1.165, 1.54) is 11.3 Å². The second-order valence-corrected chi connectivity index (χ2v) is 7.32. The van der Waals surface area contributed by atoms with E-state index in [9.17, 15) is 4.79 Å². The van der Waals surface area contributed by atoms with Gasteiger partial charge in [-0.25, -0.2) is 9.97 Å². The SMILES string of the molecule is CCOc1ccc2nc(NC(=O)c3cccnc3Nc3ccc(OC)cc3)sc2c1. The first-order valence-electron chi connectivity index (χ1n) is 9.37. The number of pyridine rings is 1. The largest absolute Gasteiger partial charge is 0.497 e. The van der Waals surface area contributed by atoms with E-state index in [-0.39, 0.29) is 5.91 Å². The molecule has 4 aromatic rings. The standard InChI is InChI=1S/C22H20N4O3S/c1-3-29-16-10-11-18-19(13-16)30-22(25-18)26-21(27)17-5-4-12-23-20(17)24-14-6-8-15(28-2)9-7-14/h4-13H,3H2,1-2H3,(H,23,24)(H,25,26,27). The number of nitrogens with zero attached hydrogens (tertiary/aromatic N) is 2. The molecule has 0 aliphatic heterocycles. The average Bonchev–Trinajstić information content (AvgIpc) is 3.16. The summed E-state index contributed by atoms with van der Waals surface area (Å²) in [5.74, 6) is 1.70. The van der Waals surface area contributed by atoms with Crippen LogP contribution in [0.25, 0.3) is 10.2 Å². The summed E-state index contributed by atoms with van der Waals surface area (Å²) in [5.41, 5.74) is 2.02. The van der Waals surface area contributed by atoms with Crippen molar-refractivity contribution in [3.8, 4) is 11.5 Å². The molecule has 0 spiro atoms. The van der Waals surface area contributed by atoms with E-state index < -0.39 is 0 Å². The molecular weight excluding hydrogens is 400 g/mol. The number of carbonyl (C=O) groups excluding carboxylic acids is 1. The minimum atomic E-state index is -0.289. The number of anilines is 3.